The second-order valence-electron chi connectivity index (χ2n) is 10.9. The van der Waals surface area contributed by atoms with Crippen molar-refractivity contribution >= 4 is 33.4 Å². The van der Waals surface area contributed by atoms with Gasteiger partial charge in [0, 0.05) is 20.1 Å². The van der Waals surface area contributed by atoms with E-state index in [-0.39, 0.29) is 17.2 Å². The van der Waals surface area contributed by atoms with E-state index in [1.54, 1.807) is 16.4 Å². The Balaban J connectivity index is 1.54. The van der Waals surface area contributed by atoms with Gasteiger partial charge in [0.05, 0.1) is 22.4 Å². The van der Waals surface area contributed by atoms with Crippen LogP contribution in [0.15, 0.2) is 12.1 Å². The molecular formula is C27H46N4O3S2. The molecule has 9 heteroatoms. The number of hydrogen-bond acceptors (Lipinski definition) is 6. The van der Waals surface area contributed by atoms with Gasteiger partial charge in [-0.1, -0.05) is 19.8 Å². The van der Waals surface area contributed by atoms with E-state index in [0.717, 1.165) is 35.2 Å². The maximum absolute atomic E-state index is 13.2. The van der Waals surface area contributed by atoms with E-state index in [2.05, 4.69) is 19.2 Å². The minimum atomic E-state index is -3.40. The van der Waals surface area contributed by atoms with Gasteiger partial charge in [-0.2, -0.15) is 11.8 Å². The molecule has 0 aromatic heterocycles. The second kappa shape index (κ2) is 12.0. The van der Waals surface area contributed by atoms with Crippen LogP contribution in [0.3, 0.4) is 0 Å². The Morgan fingerprint density at radius 3 is 2.31 bits per heavy atom. The van der Waals surface area contributed by atoms with Crippen LogP contribution in [0.2, 0.25) is 0 Å². The number of rotatable bonds is 13. The van der Waals surface area contributed by atoms with E-state index in [9.17, 15) is 13.2 Å². The number of thioether (sulfide) groups is 1. The first kappa shape index (κ1) is 29.3. The first-order valence-electron chi connectivity index (χ1n) is 13.4. The summed E-state index contributed by atoms with van der Waals surface area (Å²) in [6.45, 7) is 9.24. The van der Waals surface area contributed by atoms with Gasteiger partial charge in [0.2, 0.25) is 15.9 Å². The van der Waals surface area contributed by atoms with Crippen LogP contribution in [0.25, 0.3) is 0 Å². The second-order valence-corrected chi connectivity index (χ2v) is 14.2. The fourth-order valence-corrected chi connectivity index (χ4v) is 8.30. The normalized spacial score (nSPS) is 21.9. The fraction of sp³-hybridized carbons (Fsp3) is 0.741. The van der Waals surface area contributed by atoms with Crippen LogP contribution in [0.4, 0.5) is 5.69 Å². The molecule has 0 saturated carbocycles. The molecule has 1 atom stereocenters. The third-order valence-electron chi connectivity index (χ3n) is 8.36. The number of aryl methyl sites for hydroxylation is 2. The highest BCUT2D eigenvalue weighted by atomic mass is 32.2. The summed E-state index contributed by atoms with van der Waals surface area (Å²) in [5, 5.41) is 4.76. The minimum absolute atomic E-state index is 0.0823. The molecule has 1 aromatic carbocycles. The number of β-lactam (4-membered cyclic amide) rings is 1. The summed E-state index contributed by atoms with van der Waals surface area (Å²) in [7, 11) is -1.60. The molecule has 3 N–H and O–H groups in total. The maximum atomic E-state index is 13.2. The predicted octanol–water partition coefficient (Wildman–Crippen LogP) is 4.16. The number of benzene rings is 1. The number of hydrogen-bond donors (Lipinski definition) is 2. The smallest absolute Gasteiger partial charge is 0.229 e. The average molecular weight is 539 g/mol. The monoisotopic (exact) mass is 538 g/mol. The van der Waals surface area contributed by atoms with Crippen molar-refractivity contribution in [3.63, 3.8) is 0 Å². The number of nitrogens with zero attached hydrogens (tertiary/aromatic N) is 2. The molecule has 1 unspecified atom stereocenters. The van der Waals surface area contributed by atoms with E-state index < -0.39 is 15.4 Å². The van der Waals surface area contributed by atoms with Gasteiger partial charge in [0.1, 0.15) is 0 Å². The lowest BCUT2D eigenvalue weighted by Crippen LogP contribution is -2.77. The molecule has 2 aliphatic rings. The number of carbonyl (C=O) groups is 1. The van der Waals surface area contributed by atoms with Crippen molar-refractivity contribution in [1.29, 1.82) is 0 Å². The maximum Gasteiger partial charge on any atom is 0.229 e. The SMILES string of the molecule is CCCSCCCCCC1(C)NC(=O)C12CCN(S(=O)(=O)CCc1c(C)cc(N(C)N)cc1C)CC2. The molecular weight excluding hydrogens is 492 g/mol. The highest BCUT2D eigenvalue weighted by Crippen LogP contribution is 2.51. The van der Waals surface area contributed by atoms with E-state index >= 15 is 0 Å². The van der Waals surface area contributed by atoms with Gasteiger partial charge >= 0.3 is 0 Å². The molecule has 2 aliphatic heterocycles. The summed E-state index contributed by atoms with van der Waals surface area (Å²) in [6, 6.07) is 4.00. The van der Waals surface area contributed by atoms with Crippen LogP contribution in [-0.2, 0) is 21.2 Å². The zero-order valence-electron chi connectivity index (χ0n) is 22.9. The fourth-order valence-electron chi connectivity index (χ4n) is 5.94. The number of piperidine rings is 1. The zero-order chi connectivity index (χ0) is 26.6. The molecule has 1 aromatic rings. The Kier molecular flexibility index (Phi) is 9.80. The summed E-state index contributed by atoms with van der Waals surface area (Å²) < 4.78 is 28.1. The third kappa shape index (κ3) is 6.22. The third-order valence-corrected chi connectivity index (χ3v) is 11.5. The highest BCUT2D eigenvalue weighted by Gasteiger charge is 2.63. The molecule has 204 valence electrons. The van der Waals surface area contributed by atoms with Crippen LogP contribution in [-0.4, -0.2) is 61.6 Å². The molecule has 2 heterocycles. The Labute approximate surface area is 223 Å². The minimum Gasteiger partial charge on any atom is -0.349 e. The van der Waals surface area contributed by atoms with Gasteiger partial charge in [-0.05, 0) is 99.6 Å². The summed E-state index contributed by atoms with van der Waals surface area (Å²) in [5.41, 5.74) is 3.45. The lowest BCUT2D eigenvalue weighted by atomic mass is 9.56. The Morgan fingerprint density at radius 1 is 1.11 bits per heavy atom. The Hall–Kier alpha value is -1.29. The molecule has 7 nitrogen and oxygen atoms in total. The van der Waals surface area contributed by atoms with Gasteiger partial charge in [-0.3, -0.25) is 4.79 Å². The van der Waals surface area contributed by atoms with Crippen molar-refractivity contribution in [2.24, 2.45) is 11.3 Å². The van der Waals surface area contributed by atoms with Crippen LogP contribution in [0.5, 0.6) is 0 Å². The van der Waals surface area contributed by atoms with E-state index in [4.69, 9.17) is 5.84 Å². The van der Waals surface area contributed by atoms with Crippen molar-refractivity contribution in [2.45, 2.75) is 84.6 Å². The average Bonchev–Trinajstić information content (AvgIpc) is 2.82. The van der Waals surface area contributed by atoms with Gasteiger partial charge in [-0.15, -0.1) is 0 Å². The Bertz CT molecular complexity index is 997. The molecule has 0 bridgehead atoms. The summed E-state index contributed by atoms with van der Waals surface area (Å²) in [5.74, 6) is 8.50. The van der Waals surface area contributed by atoms with Crippen LogP contribution < -0.4 is 16.2 Å². The van der Waals surface area contributed by atoms with Crippen molar-refractivity contribution in [3.8, 4) is 0 Å². The number of nitrogens with one attached hydrogen (secondary N) is 1. The number of amides is 1. The number of nitrogens with two attached hydrogens (primary N) is 1. The van der Waals surface area contributed by atoms with Crippen molar-refractivity contribution in [1.82, 2.24) is 9.62 Å². The van der Waals surface area contributed by atoms with Crippen LogP contribution in [0, 0.1) is 19.3 Å². The summed E-state index contributed by atoms with van der Waals surface area (Å²) in [4.78, 5) is 12.8. The number of sulfonamides is 1. The van der Waals surface area contributed by atoms with Crippen molar-refractivity contribution < 1.29 is 13.2 Å². The zero-order valence-corrected chi connectivity index (χ0v) is 24.5. The van der Waals surface area contributed by atoms with Crippen LogP contribution >= 0.6 is 11.8 Å². The lowest BCUT2D eigenvalue weighted by Gasteiger charge is -2.60. The topological polar surface area (TPSA) is 95.7 Å². The van der Waals surface area contributed by atoms with E-state index in [1.807, 2.05) is 37.7 Å². The predicted molar refractivity (Wildman–Crippen MR) is 152 cm³/mol. The molecule has 2 fully saturated rings. The molecule has 1 spiro atoms. The standard InChI is InChI=1S/C27H46N4O3S2/c1-6-16-35-17-9-7-8-11-26(4)27(25(32)29-26)12-14-31(15-13-27)36(33,34)18-10-24-21(2)19-23(30(5)28)20-22(24)3/h19-20H,6-18,28H2,1-5H3,(H,29,32). The van der Waals surface area contributed by atoms with Gasteiger partial charge in [0.15, 0.2) is 0 Å². The molecule has 3 rings (SSSR count). The lowest BCUT2D eigenvalue weighted by molar-refractivity contribution is -0.161. The van der Waals surface area contributed by atoms with Crippen molar-refractivity contribution in [2.75, 3.05) is 42.4 Å². The summed E-state index contributed by atoms with van der Waals surface area (Å²) in [6.07, 6.45) is 7.39. The van der Waals surface area contributed by atoms with Gasteiger partial charge in [0.25, 0.3) is 0 Å². The molecule has 0 aliphatic carbocycles. The first-order valence-corrected chi connectivity index (χ1v) is 16.2. The van der Waals surface area contributed by atoms with Gasteiger partial charge < -0.3 is 10.3 Å². The van der Waals surface area contributed by atoms with Crippen LogP contribution in [0.1, 0.15) is 75.5 Å². The molecule has 36 heavy (non-hydrogen) atoms. The number of carbonyl (C=O) groups excluding carboxylic acids is 1. The van der Waals surface area contributed by atoms with Gasteiger partial charge in [-0.25, -0.2) is 18.6 Å². The van der Waals surface area contributed by atoms with E-state index in [0.29, 0.717) is 32.4 Å². The Morgan fingerprint density at radius 2 is 1.75 bits per heavy atom. The quantitative estimate of drug-likeness (QED) is 0.169. The number of unbranched alkanes of at least 4 members (excludes halogenated alkanes) is 2. The van der Waals surface area contributed by atoms with Crippen molar-refractivity contribution in [3.05, 3.63) is 28.8 Å². The summed E-state index contributed by atoms with van der Waals surface area (Å²) >= 11 is 2.02. The van der Waals surface area contributed by atoms with E-state index in [1.165, 1.54) is 30.8 Å². The largest absolute Gasteiger partial charge is 0.349 e. The first-order chi connectivity index (χ1) is 17.0. The molecule has 1 amide bonds. The molecule has 2 saturated heterocycles. The number of hydrazine groups is 1. The highest BCUT2D eigenvalue weighted by molar-refractivity contribution is 7.99. The molecule has 0 radical (unpaired) electrons. The number of anilines is 1.